The van der Waals surface area contributed by atoms with Crippen LogP contribution >= 0.6 is 15.9 Å². The third-order valence-corrected chi connectivity index (χ3v) is 3.03. The van der Waals surface area contributed by atoms with E-state index in [9.17, 15) is 0 Å². The normalized spacial score (nSPS) is 11.7. The van der Waals surface area contributed by atoms with Gasteiger partial charge in [0.05, 0.1) is 0 Å². The van der Waals surface area contributed by atoms with Crippen molar-refractivity contribution in [2.24, 2.45) is 0 Å². The quantitative estimate of drug-likeness (QED) is 0.716. The van der Waals surface area contributed by atoms with Crippen molar-refractivity contribution >= 4 is 15.9 Å². The Bertz CT molecular complexity index is 263. The molecule has 0 aliphatic heterocycles. The van der Waals surface area contributed by atoms with Gasteiger partial charge in [-0.1, -0.05) is 48.8 Å². The van der Waals surface area contributed by atoms with Gasteiger partial charge in [0, 0.05) is 4.47 Å². The summed E-state index contributed by atoms with van der Waals surface area (Å²) in [5, 5.41) is 0. The lowest BCUT2D eigenvalue weighted by Crippen LogP contribution is -2.16. The Morgan fingerprint density at radius 3 is 2.67 bits per heavy atom. The van der Waals surface area contributed by atoms with Gasteiger partial charge in [-0.3, -0.25) is 0 Å². The molecule has 1 radical (unpaired) electrons. The van der Waals surface area contributed by atoms with Crippen molar-refractivity contribution in [2.75, 3.05) is 0 Å². The first-order valence-corrected chi connectivity index (χ1v) is 5.04. The second-order valence-corrected chi connectivity index (χ2v) is 4.48. The Labute approximate surface area is 83.1 Å². The fraction of sp³-hybridized carbons (Fsp3) is 0.455. The van der Waals surface area contributed by atoms with Crippen LogP contribution in [0.15, 0.2) is 22.7 Å². The van der Waals surface area contributed by atoms with Crippen molar-refractivity contribution < 1.29 is 0 Å². The zero-order valence-electron chi connectivity index (χ0n) is 7.82. The number of halogens is 1. The van der Waals surface area contributed by atoms with Gasteiger partial charge in [-0.2, -0.15) is 0 Å². The number of rotatable bonds is 2. The fourth-order valence-electron chi connectivity index (χ4n) is 1.11. The first kappa shape index (κ1) is 9.79. The van der Waals surface area contributed by atoms with Crippen LogP contribution < -0.4 is 0 Å². The van der Waals surface area contributed by atoms with Crippen molar-refractivity contribution in [2.45, 2.75) is 32.6 Å². The van der Waals surface area contributed by atoms with Crippen LogP contribution in [0.25, 0.3) is 0 Å². The predicted molar refractivity (Wildman–Crippen MR) is 56.3 cm³/mol. The molecule has 1 aromatic carbocycles. The average Bonchev–Trinajstić information content (AvgIpc) is 2.05. The Morgan fingerprint density at radius 2 is 2.17 bits per heavy atom. The molecule has 0 spiro atoms. The highest BCUT2D eigenvalue weighted by Crippen LogP contribution is 2.31. The van der Waals surface area contributed by atoms with Gasteiger partial charge in [0.25, 0.3) is 0 Å². The summed E-state index contributed by atoms with van der Waals surface area (Å²) < 4.78 is 1.16. The van der Waals surface area contributed by atoms with Crippen molar-refractivity contribution in [3.8, 4) is 0 Å². The lowest BCUT2D eigenvalue weighted by Gasteiger charge is -2.24. The van der Waals surface area contributed by atoms with E-state index in [1.165, 1.54) is 5.56 Å². The first-order valence-electron chi connectivity index (χ1n) is 4.24. The molecular formula is C11H14Br. The van der Waals surface area contributed by atoms with E-state index in [0.717, 1.165) is 10.9 Å². The highest BCUT2D eigenvalue weighted by molar-refractivity contribution is 9.10. The van der Waals surface area contributed by atoms with E-state index in [2.05, 4.69) is 48.8 Å². The maximum absolute atomic E-state index is 3.54. The summed E-state index contributed by atoms with van der Waals surface area (Å²) in [6.45, 7) is 6.68. The van der Waals surface area contributed by atoms with Crippen LogP contribution in [0.1, 0.15) is 32.8 Å². The largest absolute Gasteiger partial charge is 0.0646 e. The standard InChI is InChI=1S/C11H14Br/c1-4-11(2,3)9-7-5-6-8-10(9)12/h5-6,8H,4H2,1-3H3. The van der Waals surface area contributed by atoms with Gasteiger partial charge in [-0.25, -0.2) is 0 Å². The van der Waals surface area contributed by atoms with Crippen LogP contribution in [0.4, 0.5) is 0 Å². The fourth-order valence-corrected chi connectivity index (χ4v) is 1.92. The number of benzene rings is 1. The molecule has 1 heteroatoms. The van der Waals surface area contributed by atoms with Crippen molar-refractivity contribution in [1.82, 2.24) is 0 Å². The van der Waals surface area contributed by atoms with Crippen molar-refractivity contribution in [3.05, 3.63) is 34.3 Å². The molecule has 0 N–H and O–H groups in total. The summed E-state index contributed by atoms with van der Waals surface area (Å²) in [5.74, 6) is 0. The number of hydrogen-bond acceptors (Lipinski definition) is 0. The second kappa shape index (κ2) is 3.61. The molecule has 1 rings (SSSR count). The van der Waals surface area contributed by atoms with Gasteiger partial charge < -0.3 is 0 Å². The van der Waals surface area contributed by atoms with E-state index in [0.29, 0.717) is 0 Å². The van der Waals surface area contributed by atoms with Crippen LogP contribution in [-0.2, 0) is 5.41 Å². The minimum atomic E-state index is 0.222. The molecule has 0 heterocycles. The maximum Gasteiger partial charge on any atom is 0.0218 e. The van der Waals surface area contributed by atoms with E-state index < -0.39 is 0 Å². The molecule has 0 aliphatic carbocycles. The molecule has 0 amide bonds. The molecule has 0 unspecified atom stereocenters. The SMILES string of the molecule is CCC(C)(C)c1[c]cccc1Br. The van der Waals surface area contributed by atoms with Gasteiger partial charge in [0.15, 0.2) is 0 Å². The molecule has 0 atom stereocenters. The van der Waals surface area contributed by atoms with Crippen LogP contribution in [-0.4, -0.2) is 0 Å². The second-order valence-electron chi connectivity index (χ2n) is 3.63. The highest BCUT2D eigenvalue weighted by atomic mass is 79.9. The molecule has 0 aromatic heterocycles. The minimum Gasteiger partial charge on any atom is -0.0646 e. The third-order valence-electron chi connectivity index (χ3n) is 2.37. The van der Waals surface area contributed by atoms with E-state index >= 15 is 0 Å². The molecule has 0 bridgehead atoms. The van der Waals surface area contributed by atoms with E-state index in [-0.39, 0.29) is 5.41 Å². The highest BCUT2D eigenvalue weighted by Gasteiger charge is 2.20. The van der Waals surface area contributed by atoms with E-state index in [1.54, 1.807) is 0 Å². The Balaban J connectivity index is 3.10. The van der Waals surface area contributed by atoms with E-state index in [1.807, 2.05) is 12.1 Å². The maximum atomic E-state index is 3.54. The molecule has 65 valence electrons. The molecular weight excluding hydrogens is 212 g/mol. The lowest BCUT2D eigenvalue weighted by atomic mass is 9.82. The Hall–Kier alpha value is -0.300. The summed E-state index contributed by atoms with van der Waals surface area (Å²) >= 11 is 3.54. The van der Waals surface area contributed by atoms with Crippen LogP contribution in [0, 0.1) is 6.07 Å². The summed E-state index contributed by atoms with van der Waals surface area (Å²) in [5.41, 5.74) is 1.49. The molecule has 0 saturated heterocycles. The zero-order valence-corrected chi connectivity index (χ0v) is 9.40. The summed E-state index contributed by atoms with van der Waals surface area (Å²) in [7, 11) is 0. The van der Waals surface area contributed by atoms with Gasteiger partial charge in [0.1, 0.15) is 0 Å². The van der Waals surface area contributed by atoms with Gasteiger partial charge in [-0.05, 0) is 29.5 Å². The smallest absolute Gasteiger partial charge is 0.0218 e. The third kappa shape index (κ3) is 1.89. The van der Waals surface area contributed by atoms with Crippen LogP contribution in [0.2, 0.25) is 0 Å². The summed E-state index contributed by atoms with van der Waals surface area (Å²) in [4.78, 5) is 0. The lowest BCUT2D eigenvalue weighted by molar-refractivity contribution is 0.503. The molecule has 0 aliphatic rings. The molecule has 0 nitrogen and oxygen atoms in total. The zero-order chi connectivity index (χ0) is 9.19. The van der Waals surface area contributed by atoms with Crippen LogP contribution in [0.3, 0.4) is 0 Å². The molecule has 12 heavy (non-hydrogen) atoms. The van der Waals surface area contributed by atoms with Crippen molar-refractivity contribution in [3.63, 3.8) is 0 Å². The van der Waals surface area contributed by atoms with Crippen molar-refractivity contribution in [1.29, 1.82) is 0 Å². The van der Waals surface area contributed by atoms with Gasteiger partial charge in [-0.15, -0.1) is 0 Å². The monoisotopic (exact) mass is 225 g/mol. The molecule has 0 saturated carbocycles. The van der Waals surface area contributed by atoms with Gasteiger partial charge >= 0.3 is 0 Å². The molecule has 1 aromatic rings. The first-order chi connectivity index (χ1) is 5.58. The molecule has 0 fully saturated rings. The average molecular weight is 226 g/mol. The van der Waals surface area contributed by atoms with Gasteiger partial charge in [0.2, 0.25) is 0 Å². The topological polar surface area (TPSA) is 0 Å². The summed E-state index contributed by atoms with van der Waals surface area (Å²) in [6, 6.07) is 9.32. The minimum absolute atomic E-state index is 0.222. The summed E-state index contributed by atoms with van der Waals surface area (Å²) in [6.07, 6.45) is 1.13. The van der Waals surface area contributed by atoms with E-state index in [4.69, 9.17) is 0 Å². The predicted octanol–water partition coefficient (Wildman–Crippen LogP) is 3.94. The number of hydrogen-bond donors (Lipinski definition) is 0. The Kier molecular flexibility index (Phi) is 2.94. The van der Waals surface area contributed by atoms with Crippen LogP contribution in [0.5, 0.6) is 0 Å². The Morgan fingerprint density at radius 1 is 1.50 bits per heavy atom.